The molecular weight excluding hydrogens is 331 g/mol. The molecule has 0 heterocycles. The molecule has 0 spiro atoms. The van der Waals surface area contributed by atoms with Gasteiger partial charge >= 0.3 is 10.2 Å². The lowest BCUT2D eigenvalue weighted by molar-refractivity contribution is 0.606. The molecule has 21 heavy (non-hydrogen) atoms. The second-order valence-electron chi connectivity index (χ2n) is 4.36. The van der Waals surface area contributed by atoms with Gasteiger partial charge in [-0.05, 0) is 36.2 Å². The Bertz CT molecular complexity index is 731. The highest BCUT2D eigenvalue weighted by Gasteiger charge is 2.13. The lowest BCUT2D eigenvalue weighted by Gasteiger charge is -2.12. The molecule has 0 amide bonds. The molecule has 0 saturated carbocycles. The summed E-state index contributed by atoms with van der Waals surface area (Å²) in [5.41, 5.74) is 1.82. The molecule has 2 aromatic carbocycles. The summed E-state index contributed by atoms with van der Waals surface area (Å²) in [6.45, 7) is 2.03. The van der Waals surface area contributed by atoms with Crippen LogP contribution in [0.25, 0.3) is 0 Å². The van der Waals surface area contributed by atoms with E-state index < -0.39 is 10.2 Å². The van der Waals surface area contributed by atoms with Crippen molar-refractivity contribution < 1.29 is 8.42 Å². The largest absolute Gasteiger partial charge is 0.321 e. The zero-order chi connectivity index (χ0) is 15.5. The average Bonchev–Trinajstić information content (AvgIpc) is 2.44. The molecule has 2 N–H and O–H groups in total. The highest BCUT2D eigenvalue weighted by molar-refractivity contribution is 7.94. The normalized spacial score (nSPS) is 11.2. The Labute approximate surface area is 134 Å². The van der Waals surface area contributed by atoms with Gasteiger partial charge in [0.25, 0.3) is 0 Å². The fraction of sp³-hybridized carbons (Fsp3) is 0.143. The minimum absolute atomic E-state index is 0.158. The molecular formula is C14H14Cl2N2O2S. The van der Waals surface area contributed by atoms with Crippen LogP contribution in [0.5, 0.6) is 0 Å². The van der Waals surface area contributed by atoms with Gasteiger partial charge in [-0.1, -0.05) is 48.3 Å². The molecule has 0 aliphatic heterocycles. The van der Waals surface area contributed by atoms with Crippen molar-refractivity contribution in [3.8, 4) is 0 Å². The molecule has 0 fully saturated rings. The van der Waals surface area contributed by atoms with Gasteiger partial charge in [-0.15, -0.1) is 0 Å². The Hall–Kier alpha value is -1.43. The summed E-state index contributed by atoms with van der Waals surface area (Å²) < 4.78 is 28.9. The molecule has 4 nitrogen and oxygen atoms in total. The van der Waals surface area contributed by atoms with Crippen molar-refractivity contribution in [2.45, 2.75) is 13.3 Å². The summed E-state index contributed by atoms with van der Waals surface area (Å²) in [6.07, 6.45) is 0.892. The van der Waals surface area contributed by atoms with E-state index in [0.29, 0.717) is 5.69 Å². The van der Waals surface area contributed by atoms with Crippen LogP contribution in [0.3, 0.4) is 0 Å². The van der Waals surface area contributed by atoms with E-state index in [2.05, 4.69) is 9.44 Å². The smallest absolute Gasteiger partial charge is 0.267 e. The van der Waals surface area contributed by atoms with Gasteiger partial charge in [-0.25, -0.2) is 0 Å². The van der Waals surface area contributed by atoms with Crippen molar-refractivity contribution in [3.05, 3.63) is 58.1 Å². The highest BCUT2D eigenvalue weighted by Crippen LogP contribution is 2.30. The highest BCUT2D eigenvalue weighted by atomic mass is 35.5. The molecule has 0 saturated heterocycles. The van der Waals surface area contributed by atoms with Gasteiger partial charge in [-0.2, -0.15) is 8.42 Å². The Morgan fingerprint density at radius 1 is 1.00 bits per heavy atom. The Morgan fingerprint density at radius 3 is 2.29 bits per heavy atom. The van der Waals surface area contributed by atoms with Crippen molar-refractivity contribution in [3.63, 3.8) is 0 Å². The van der Waals surface area contributed by atoms with Crippen LogP contribution in [0, 0.1) is 0 Å². The predicted molar refractivity (Wildman–Crippen MR) is 88.4 cm³/mol. The molecule has 0 radical (unpaired) electrons. The number of hydrogen-bond donors (Lipinski definition) is 2. The first-order valence-corrected chi connectivity index (χ1v) is 8.48. The molecule has 112 valence electrons. The number of hydrogen-bond acceptors (Lipinski definition) is 2. The van der Waals surface area contributed by atoms with Crippen molar-refractivity contribution in [2.75, 3.05) is 9.44 Å². The number of nitrogens with one attached hydrogen (secondary N) is 2. The standard InChI is InChI=1S/C14H14Cl2N2O2S/c1-2-10-6-8-11(9-7-10)17-21(19,20)18-13-5-3-4-12(15)14(13)16/h3-9,17-18H,2H2,1H3. The van der Waals surface area contributed by atoms with Crippen molar-refractivity contribution in [2.24, 2.45) is 0 Å². The number of benzene rings is 2. The van der Waals surface area contributed by atoms with Gasteiger partial charge in [0, 0.05) is 0 Å². The third-order valence-corrected chi connectivity index (χ3v) is 4.62. The van der Waals surface area contributed by atoms with Crippen LogP contribution in [0.4, 0.5) is 11.4 Å². The molecule has 2 aromatic rings. The SMILES string of the molecule is CCc1ccc(NS(=O)(=O)Nc2cccc(Cl)c2Cl)cc1. The van der Waals surface area contributed by atoms with Crippen LogP contribution >= 0.6 is 23.2 Å². The third kappa shape index (κ3) is 4.27. The quantitative estimate of drug-likeness (QED) is 0.848. The van der Waals surface area contributed by atoms with Crippen LogP contribution in [0.2, 0.25) is 10.0 Å². The lowest BCUT2D eigenvalue weighted by Crippen LogP contribution is -2.21. The van der Waals surface area contributed by atoms with Crippen molar-refractivity contribution in [1.82, 2.24) is 0 Å². The first-order valence-electron chi connectivity index (χ1n) is 6.25. The fourth-order valence-electron chi connectivity index (χ4n) is 1.72. The lowest BCUT2D eigenvalue weighted by atomic mass is 10.2. The first-order chi connectivity index (χ1) is 9.91. The summed E-state index contributed by atoms with van der Waals surface area (Å²) in [4.78, 5) is 0. The molecule has 2 rings (SSSR count). The van der Waals surface area contributed by atoms with Gasteiger partial charge in [-0.3, -0.25) is 9.44 Å². The summed E-state index contributed by atoms with van der Waals surface area (Å²) in [5.74, 6) is 0. The predicted octanol–water partition coefficient (Wildman–Crippen LogP) is 4.32. The number of halogens is 2. The first kappa shape index (κ1) is 15.9. The van der Waals surface area contributed by atoms with E-state index in [9.17, 15) is 8.42 Å². The van der Waals surface area contributed by atoms with Crippen LogP contribution in [0.1, 0.15) is 12.5 Å². The van der Waals surface area contributed by atoms with Gasteiger partial charge in [0.15, 0.2) is 0 Å². The van der Waals surface area contributed by atoms with E-state index in [1.807, 2.05) is 19.1 Å². The number of anilines is 2. The molecule has 7 heteroatoms. The van der Waals surface area contributed by atoms with Gasteiger partial charge < -0.3 is 0 Å². The number of rotatable bonds is 5. The Kier molecular flexibility index (Phi) is 4.98. The second-order valence-corrected chi connectivity index (χ2v) is 6.56. The average molecular weight is 345 g/mol. The third-order valence-electron chi connectivity index (χ3n) is 2.81. The van der Waals surface area contributed by atoms with Crippen LogP contribution in [0.15, 0.2) is 42.5 Å². The van der Waals surface area contributed by atoms with E-state index in [1.165, 1.54) is 6.07 Å². The summed E-state index contributed by atoms with van der Waals surface area (Å²) >= 11 is 11.8. The molecule has 0 bridgehead atoms. The Balaban J connectivity index is 2.16. The van der Waals surface area contributed by atoms with E-state index in [4.69, 9.17) is 23.2 Å². The number of aryl methyl sites for hydroxylation is 1. The van der Waals surface area contributed by atoms with Gasteiger partial charge in [0.1, 0.15) is 0 Å². The molecule has 0 unspecified atom stereocenters. The molecule has 0 aliphatic rings. The maximum absolute atomic E-state index is 12.1. The van der Waals surface area contributed by atoms with Crippen LogP contribution in [-0.2, 0) is 16.6 Å². The Morgan fingerprint density at radius 2 is 1.67 bits per heavy atom. The van der Waals surface area contributed by atoms with E-state index in [1.54, 1.807) is 24.3 Å². The van der Waals surface area contributed by atoms with E-state index >= 15 is 0 Å². The zero-order valence-corrected chi connectivity index (χ0v) is 13.6. The second kappa shape index (κ2) is 6.56. The summed E-state index contributed by atoms with van der Waals surface area (Å²) in [6, 6.07) is 11.9. The maximum Gasteiger partial charge on any atom is 0.321 e. The van der Waals surface area contributed by atoms with E-state index in [-0.39, 0.29) is 15.7 Å². The fourth-order valence-corrected chi connectivity index (χ4v) is 3.08. The van der Waals surface area contributed by atoms with Crippen molar-refractivity contribution >= 4 is 44.8 Å². The maximum atomic E-state index is 12.1. The van der Waals surface area contributed by atoms with Crippen LogP contribution in [-0.4, -0.2) is 8.42 Å². The van der Waals surface area contributed by atoms with Gasteiger partial charge in [0.05, 0.1) is 21.4 Å². The topological polar surface area (TPSA) is 58.2 Å². The van der Waals surface area contributed by atoms with Gasteiger partial charge in [0.2, 0.25) is 0 Å². The summed E-state index contributed by atoms with van der Waals surface area (Å²) in [7, 11) is -3.79. The minimum atomic E-state index is -3.79. The van der Waals surface area contributed by atoms with Crippen molar-refractivity contribution in [1.29, 1.82) is 0 Å². The molecule has 0 aromatic heterocycles. The zero-order valence-electron chi connectivity index (χ0n) is 11.2. The minimum Gasteiger partial charge on any atom is -0.267 e. The van der Waals surface area contributed by atoms with Crippen LogP contribution < -0.4 is 9.44 Å². The monoisotopic (exact) mass is 344 g/mol. The summed E-state index contributed by atoms with van der Waals surface area (Å²) in [5, 5.41) is 0.440. The molecule has 0 atom stereocenters. The molecule has 0 aliphatic carbocycles. The van der Waals surface area contributed by atoms with E-state index in [0.717, 1.165) is 12.0 Å².